The van der Waals surface area contributed by atoms with Gasteiger partial charge in [0.2, 0.25) is 0 Å². The number of rotatable bonds is 4. The Bertz CT molecular complexity index is 530. The number of carbonyl (C=O) groups is 1. The number of anilines is 1. The zero-order chi connectivity index (χ0) is 14.7. The van der Waals surface area contributed by atoms with Crippen LogP contribution in [0.5, 0.6) is 0 Å². The Kier molecular flexibility index (Phi) is 4.22. The first-order valence-corrected chi connectivity index (χ1v) is 6.88. The summed E-state index contributed by atoms with van der Waals surface area (Å²) < 4.78 is 0. The van der Waals surface area contributed by atoms with Crippen LogP contribution in [0, 0.1) is 10.1 Å². The maximum atomic E-state index is 12.5. The molecule has 2 rings (SSSR count). The van der Waals surface area contributed by atoms with Gasteiger partial charge in [0.25, 0.3) is 5.91 Å². The molecule has 1 aliphatic rings. The van der Waals surface area contributed by atoms with Gasteiger partial charge in [-0.2, -0.15) is 0 Å². The van der Waals surface area contributed by atoms with Crippen molar-refractivity contribution in [1.29, 1.82) is 0 Å². The number of nitro benzene ring substituents is 1. The van der Waals surface area contributed by atoms with E-state index < -0.39 is 4.92 Å². The molecule has 1 aromatic carbocycles. The van der Waals surface area contributed by atoms with Gasteiger partial charge in [-0.1, -0.05) is 6.07 Å². The molecule has 108 valence electrons. The van der Waals surface area contributed by atoms with Gasteiger partial charge in [-0.25, -0.2) is 0 Å². The molecule has 1 heterocycles. The number of para-hydroxylation sites is 1. The van der Waals surface area contributed by atoms with Crippen LogP contribution in [-0.2, 0) is 0 Å². The van der Waals surface area contributed by atoms with Gasteiger partial charge in [-0.3, -0.25) is 14.9 Å². The highest BCUT2D eigenvalue weighted by Gasteiger charge is 2.31. The monoisotopic (exact) mass is 277 g/mol. The average molecular weight is 277 g/mol. The Morgan fingerprint density at radius 3 is 2.85 bits per heavy atom. The number of nitrogens with zero attached hydrogens (tertiary/aromatic N) is 2. The molecule has 0 aliphatic carbocycles. The van der Waals surface area contributed by atoms with E-state index in [2.05, 4.69) is 5.32 Å². The fraction of sp³-hybridized carbons (Fsp3) is 0.500. The number of likely N-dealkylation sites (tertiary alicyclic amines) is 1. The van der Waals surface area contributed by atoms with Crippen molar-refractivity contribution >= 4 is 17.3 Å². The summed E-state index contributed by atoms with van der Waals surface area (Å²) in [7, 11) is 0. The van der Waals surface area contributed by atoms with Crippen molar-refractivity contribution in [3.05, 3.63) is 33.9 Å². The van der Waals surface area contributed by atoms with Crippen molar-refractivity contribution < 1.29 is 9.72 Å². The van der Waals surface area contributed by atoms with E-state index in [0.29, 0.717) is 18.8 Å². The van der Waals surface area contributed by atoms with Crippen LogP contribution in [0.1, 0.15) is 37.0 Å². The molecule has 0 spiro atoms. The van der Waals surface area contributed by atoms with Crippen LogP contribution in [0.4, 0.5) is 11.4 Å². The van der Waals surface area contributed by atoms with Crippen molar-refractivity contribution in [2.24, 2.45) is 0 Å². The quantitative estimate of drug-likeness (QED) is 0.678. The second-order valence-electron chi connectivity index (χ2n) is 4.98. The van der Waals surface area contributed by atoms with Crippen molar-refractivity contribution in [1.82, 2.24) is 4.90 Å². The van der Waals surface area contributed by atoms with Crippen LogP contribution in [0.25, 0.3) is 0 Å². The third-order valence-electron chi connectivity index (χ3n) is 3.63. The van der Waals surface area contributed by atoms with Gasteiger partial charge < -0.3 is 10.2 Å². The predicted molar refractivity (Wildman–Crippen MR) is 77.0 cm³/mol. The van der Waals surface area contributed by atoms with Crippen LogP contribution >= 0.6 is 0 Å². The summed E-state index contributed by atoms with van der Waals surface area (Å²) in [6.07, 6.45) is 1.90. The lowest BCUT2D eigenvalue weighted by atomic mass is 10.1. The van der Waals surface area contributed by atoms with E-state index in [0.717, 1.165) is 12.8 Å². The number of nitrogens with one attached hydrogen (secondary N) is 1. The van der Waals surface area contributed by atoms with Gasteiger partial charge in [0.15, 0.2) is 0 Å². The second-order valence-corrected chi connectivity index (χ2v) is 4.98. The molecule has 6 heteroatoms. The fourth-order valence-electron chi connectivity index (χ4n) is 2.64. The van der Waals surface area contributed by atoms with Gasteiger partial charge in [-0.15, -0.1) is 0 Å². The molecular formula is C14H19N3O3. The first kappa shape index (κ1) is 14.3. The van der Waals surface area contributed by atoms with Gasteiger partial charge in [0, 0.05) is 19.1 Å². The number of amides is 1. The molecule has 1 aliphatic heterocycles. The summed E-state index contributed by atoms with van der Waals surface area (Å²) in [6.45, 7) is 5.08. The molecule has 0 aromatic heterocycles. The fourth-order valence-corrected chi connectivity index (χ4v) is 2.64. The topological polar surface area (TPSA) is 75.5 Å². The van der Waals surface area contributed by atoms with Crippen LogP contribution in [0.15, 0.2) is 18.2 Å². The molecule has 1 fully saturated rings. The lowest BCUT2D eigenvalue weighted by Crippen LogP contribution is -2.34. The number of carbonyl (C=O) groups excluding carboxylic acids is 1. The SMILES string of the molecule is CCNc1cccc(C(=O)N2CCCC2C)c1[N+](=O)[O-]. The highest BCUT2D eigenvalue weighted by molar-refractivity contribution is 6.00. The first-order chi connectivity index (χ1) is 9.56. The normalized spacial score (nSPS) is 18.1. The predicted octanol–water partition coefficient (Wildman–Crippen LogP) is 2.65. The molecule has 1 unspecified atom stereocenters. The zero-order valence-corrected chi connectivity index (χ0v) is 11.8. The van der Waals surface area contributed by atoms with Crippen LogP contribution < -0.4 is 5.32 Å². The minimum Gasteiger partial charge on any atom is -0.380 e. The Labute approximate surface area is 117 Å². The van der Waals surface area contributed by atoms with E-state index in [4.69, 9.17) is 0 Å². The Balaban J connectivity index is 2.42. The number of hydrogen-bond acceptors (Lipinski definition) is 4. The third-order valence-corrected chi connectivity index (χ3v) is 3.63. The van der Waals surface area contributed by atoms with Crippen molar-refractivity contribution in [2.75, 3.05) is 18.4 Å². The number of nitro groups is 1. The maximum Gasteiger partial charge on any atom is 0.305 e. The Morgan fingerprint density at radius 2 is 2.30 bits per heavy atom. The maximum absolute atomic E-state index is 12.5. The summed E-state index contributed by atoms with van der Waals surface area (Å²) in [4.78, 5) is 25.1. The van der Waals surface area contributed by atoms with E-state index in [1.54, 1.807) is 17.0 Å². The van der Waals surface area contributed by atoms with Crippen LogP contribution in [-0.4, -0.2) is 34.9 Å². The van der Waals surface area contributed by atoms with Gasteiger partial charge in [0.1, 0.15) is 11.3 Å². The molecule has 1 N–H and O–H groups in total. The summed E-state index contributed by atoms with van der Waals surface area (Å²) in [6, 6.07) is 4.99. The largest absolute Gasteiger partial charge is 0.380 e. The van der Waals surface area contributed by atoms with Crippen LogP contribution in [0.2, 0.25) is 0 Å². The number of benzene rings is 1. The van der Waals surface area contributed by atoms with Crippen molar-refractivity contribution in [3.8, 4) is 0 Å². The average Bonchev–Trinajstić information content (AvgIpc) is 2.84. The standard InChI is InChI=1S/C14H19N3O3/c1-3-15-12-8-4-7-11(13(12)17(19)20)14(18)16-9-5-6-10(16)2/h4,7-8,10,15H,3,5-6,9H2,1-2H3. The Hall–Kier alpha value is -2.11. The van der Waals surface area contributed by atoms with Gasteiger partial charge >= 0.3 is 5.69 Å². The molecule has 0 radical (unpaired) electrons. The molecule has 1 atom stereocenters. The number of hydrogen-bond donors (Lipinski definition) is 1. The molecular weight excluding hydrogens is 258 g/mol. The molecule has 1 saturated heterocycles. The highest BCUT2D eigenvalue weighted by atomic mass is 16.6. The minimum atomic E-state index is -0.480. The van der Waals surface area contributed by atoms with Crippen molar-refractivity contribution in [3.63, 3.8) is 0 Å². The zero-order valence-electron chi connectivity index (χ0n) is 11.8. The molecule has 1 amide bonds. The van der Waals surface area contributed by atoms with E-state index >= 15 is 0 Å². The first-order valence-electron chi connectivity index (χ1n) is 6.88. The molecule has 0 bridgehead atoms. The molecule has 20 heavy (non-hydrogen) atoms. The lowest BCUT2D eigenvalue weighted by Gasteiger charge is -2.21. The van der Waals surface area contributed by atoms with Gasteiger partial charge in [-0.05, 0) is 38.8 Å². The van der Waals surface area contributed by atoms with E-state index in [1.165, 1.54) is 6.07 Å². The molecule has 1 aromatic rings. The Morgan fingerprint density at radius 1 is 1.55 bits per heavy atom. The third kappa shape index (κ3) is 2.59. The lowest BCUT2D eigenvalue weighted by molar-refractivity contribution is -0.384. The smallest absolute Gasteiger partial charge is 0.305 e. The van der Waals surface area contributed by atoms with Gasteiger partial charge in [0.05, 0.1) is 4.92 Å². The highest BCUT2D eigenvalue weighted by Crippen LogP contribution is 2.31. The molecule has 6 nitrogen and oxygen atoms in total. The van der Waals surface area contributed by atoms with Crippen molar-refractivity contribution in [2.45, 2.75) is 32.7 Å². The van der Waals surface area contributed by atoms with E-state index in [1.807, 2.05) is 13.8 Å². The summed E-state index contributed by atoms with van der Waals surface area (Å²) in [5.41, 5.74) is 0.441. The van der Waals surface area contributed by atoms with E-state index in [9.17, 15) is 14.9 Å². The second kappa shape index (κ2) is 5.90. The van der Waals surface area contributed by atoms with E-state index in [-0.39, 0.29) is 23.2 Å². The minimum absolute atomic E-state index is 0.126. The molecule has 0 saturated carbocycles. The van der Waals surface area contributed by atoms with Crippen LogP contribution in [0.3, 0.4) is 0 Å². The summed E-state index contributed by atoms with van der Waals surface area (Å²) >= 11 is 0. The summed E-state index contributed by atoms with van der Waals surface area (Å²) in [5.74, 6) is -0.249. The summed E-state index contributed by atoms with van der Waals surface area (Å²) in [5, 5.41) is 14.3.